The third kappa shape index (κ3) is 7.18. The van der Waals surface area contributed by atoms with Gasteiger partial charge in [-0.05, 0) is 43.5 Å². The molecule has 190 valence electrons. The molecular formula is C25H31ClFN3O4S. The maximum Gasteiger partial charge on any atom is 0.244 e. The number of nitrogens with one attached hydrogen (secondary N) is 1. The average Bonchev–Trinajstić information content (AvgIpc) is 2.82. The van der Waals surface area contributed by atoms with Gasteiger partial charge in [-0.25, -0.2) is 12.8 Å². The van der Waals surface area contributed by atoms with Crippen LogP contribution in [0.3, 0.4) is 0 Å². The number of amides is 2. The van der Waals surface area contributed by atoms with Gasteiger partial charge in [0.1, 0.15) is 18.4 Å². The molecule has 3 rings (SSSR count). The van der Waals surface area contributed by atoms with Crippen molar-refractivity contribution in [3.63, 3.8) is 0 Å². The number of sulfonamides is 1. The van der Waals surface area contributed by atoms with Crippen LogP contribution in [0.4, 0.5) is 10.1 Å². The van der Waals surface area contributed by atoms with E-state index in [9.17, 15) is 22.4 Å². The van der Waals surface area contributed by atoms with Gasteiger partial charge in [0.15, 0.2) is 0 Å². The van der Waals surface area contributed by atoms with E-state index in [4.69, 9.17) is 11.6 Å². The van der Waals surface area contributed by atoms with Gasteiger partial charge < -0.3 is 10.2 Å². The molecule has 1 saturated carbocycles. The summed E-state index contributed by atoms with van der Waals surface area (Å²) >= 11 is 6.31. The fourth-order valence-corrected chi connectivity index (χ4v) is 5.26. The number of hydrogen-bond acceptors (Lipinski definition) is 4. The minimum absolute atomic E-state index is 0.00731. The van der Waals surface area contributed by atoms with Gasteiger partial charge >= 0.3 is 0 Å². The molecule has 0 spiro atoms. The number of hydrogen-bond donors (Lipinski definition) is 1. The highest BCUT2D eigenvalue weighted by Gasteiger charge is 2.32. The van der Waals surface area contributed by atoms with Crippen molar-refractivity contribution in [3.05, 3.63) is 64.9 Å². The maximum atomic E-state index is 14.5. The Kier molecular flexibility index (Phi) is 9.13. The molecule has 0 aliphatic heterocycles. The summed E-state index contributed by atoms with van der Waals surface area (Å²) in [5.74, 6) is -1.74. The average molecular weight is 524 g/mol. The fourth-order valence-electron chi connectivity index (χ4n) is 4.21. The molecule has 0 aromatic heterocycles. The van der Waals surface area contributed by atoms with Gasteiger partial charge in [0.2, 0.25) is 21.8 Å². The zero-order chi connectivity index (χ0) is 25.6. The number of rotatable bonds is 9. The van der Waals surface area contributed by atoms with Crippen LogP contribution >= 0.6 is 11.6 Å². The topological polar surface area (TPSA) is 86.8 Å². The molecule has 0 heterocycles. The highest BCUT2D eigenvalue weighted by atomic mass is 35.5. The molecule has 1 aliphatic carbocycles. The van der Waals surface area contributed by atoms with Crippen LogP contribution in [0.2, 0.25) is 5.02 Å². The first-order valence-corrected chi connectivity index (χ1v) is 13.9. The lowest BCUT2D eigenvalue weighted by Crippen LogP contribution is -2.53. The monoisotopic (exact) mass is 523 g/mol. The fraction of sp³-hybridized carbons (Fsp3) is 0.440. The number of nitrogens with zero attached hydrogens (tertiary/aromatic N) is 2. The summed E-state index contributed by atoms with van der Waals surface area (Å²) in [6, 6.07) is 11.4. The Balaban J connectivity index is 1.89. The Morgan fingerprint density at radius 1 is 1.09 bits per heavy atom. The van der Waals surface area contributed by atoms with Gasteiger partial charge in [0, 0.05) is 17.6 Å². The molecule has 2 amide bonds. The summed E-state index contributed by atoms with van der Waals surface area (Å²) in [5, 5.41) is 3.44. The number of para-hydroxylation sites is 1. The van der Waals surface area contributed by atoms with Crippen molar-refractivity contribution < 1.29 is 22.4 Å². The SMILES string of the molecule is C[C@@H](C(=O)NC1CCCCC1)N(Cc1ccccc1Cl)C(=O)CN(c1ccccc1F)S(C)(=O)=O. The molecule has 1 N–H and O–H groups in total. The minimum atomic E-state index is -4.00. The van der Waals surface area contributed by atoms with E-state index in [1.54, 1.807) is 31.2 Å². The highest BCUT2D eigenvalue weighted by Crippen LogP contribution is 2.24. The standard InChI is InChI=1S/C25H31ClFN3O4S/c1-18(25(32)28-20-11-4-3-5-12-20)29(16-19-10-6-7-13-21(19)26)24(31)17-30(35(2,33)34)23-15-9-8-14-22(23)27/h6-10,13-15,18,20H,3-5,11-12,16-17H2,1-2H3,(H,28,32)/t18-/m0/s1. The van der Waals surface area contributed by atoms with Crippen LogP contribution in [-0.2, 0) is 26.2 Å². The molecule has 2 aromatic rings. The Hall–Kier alpha value is -2.65. The summed E-state index contributed by atoms with van der Waals surface area (Å²) in [6.07, 6.45) is 5.87. The first-order valence-electron chi connectivity index (χ1n) is 11.6. The molecular weight excluding hydrogens is 493 g/mol. The van der Waals surface area contributed by atoms with E-state index in [1.807, 2.05) is 0 Å². The Labute approximate surface area is 211 Å². The smallest absolute Gasteiger partial charge is 0.244 e. The van der Waals surface area contributed by atoms with Gasteiger partial charge in [-0.3, -0.25) is 13.9 Å². The second-order valence-electron chi connectivity index (χ2n) is 8.85. The molecule has 35 heavy (non-hydrogen) atoms. The predicted octanol–water partition coefficient (Wildman–Crippen LogP) is 4.11. The van der Waals surface area contributed by atoms with E-state index in [0.29, 0.717) is 10.6 Å². The van der Waals surface area contributed by atoms with Crippen molar-refractivity contribution >= 4 is 39.1 Å². The number of carbonyl (C=O) groups is 2. The molecule has 1 fully saturated rings. The van der Waals surface area contributed by atoms with E-state index in [-0.39, 0.29) is 24.2 Å². The lowest BCUT2D eigenvalue weighted by atomic mass is 9.95. The second kappa shape index (κ2) is 11.9. The summed E-state index contributed by atoms with van der Waals surface area (Å²) in [4.78, 5) is 27.9. The molecule has 0 unspecified atom stereocenters. The summed E-state index contributed by atoms with van der Waals surface area (Å²) in [5.41, 5.74) is 0.372. The zero-order valence-corrected chi connectivity index (χ0v) is 21.5. The predicted molar refractivity (Wildman–Crippen MR) is 135 cm³/mol. The molecule has 1 atom stereocenters. The number of carbonyl (C=O) groups excluding carboxylic acids is 2. The van der Waals surface area contributed by atoms with Crippen LogP contribution in [0.1, 0.15) is 44.6 Å². The molecule has 0 bridgehead atoms. The lowest BCUT2D eigenvalue weighted by Gasteiger charge is -2.33. The lowest BCUT2D eigenvalue weighted by molar-refractivity contribution is -0.139. The largest absolute Gasteiger partial charge is 0.352 e. The Morgan fingerprint density at radius 3 is 2.34 bits per heavy atom. The first-order chi connectivity index (χ1) is 16.6. The van der Waals surface area contributed by atoms with E-state index in [2.05, 4.69) is 5.32 Å². The maximum absolute atomic E-state index is 14.5. The van der Waals surface area contributed by atoms with Crippen LogP contribution < -0.4 is 9.62 Å². The van der Waals surface area contributed by atoms with Gasteiger partial charge in [-0.15, -0.1) is 0 Å². The third-order valence-electron chi connectivity index (χ3n) is 6.22. The van der Waals surface area contributed by atoms with Crippen molar-refractivity contribution in [2.75, 3.05) is 17.1 Å². The number of anilines is 1. The van der Waals surface area contributed by atoms with Gasteiger partial charge in [-0.2, -0.15) is 0 Å². The van der Waals surface area contributed by atoms with Crippen molar-refractivity contribution in [1.29, 1.82) is 0 Å². The molecule has 0 radical (unpaired) electrons. The Morgan fingerprint density at radius 2 is 1.71 bits per heavy atom. The van der Waals surface area contributed by atoms with E-state index in [1.165, 1.54) is 23.1 Å². The number of halogens is 2. The molecule has 7 nitrogen and oxygen atoms in total. The molecule has 2 aromatic carbocycles. The van der Waals surface area contributed by atoms with Gasteiger partial charge in [-0.1, -0.05) is 61.2 Å². The number of benzene rings is 2. The molecule has 1 aliphatic rings. The van der Waals surface area contributed by atoms with Crippen LogP contribution in [-0.4, -0.2) is 50.0 Å². The van der Waals surface area contributed by atoms with Gasteiger partial charge in [0.25, 0.3) is 0 Å². The van der Waals surface area contributed by atoms with Crippen LogP contribution in [0.5, 0.6) is 0 Å². The van der Waals surface area contributed by atoms with Crippen molar-refractivity contribution in [3.8, 4) is 0 Å². The summed E-state index contributed by atoms with van der Waals surface area (Å²) in [6.45, 7) is 0.929. The summed E-state index contributed by atoms with van der Waals surface area (Å²) < 4.78 is 40.2. The van der Waals surface area contributed by atoms with Crippen molar-refractivity contribution in [1.82, 2.24) is 10.2 Å². The highest BCUT2D eigenvalue weighted by molar-refractivity contribution is 7.92. The van der Waals surface area contributed by atoms with E-state index in [0.717, 1.165) is 48.7 Å². The van der Waals surface area contributed by atoms with E-state index >= 15 is 0 Å². The van der Waals surface area contributed by atoms with E-state index < -0.39 is 34.3 Å². The minimum Gasteiger partial charge on any atom is -0.352 e. The third-order valence-corrected chi connectivity index (χ3v) is 7.71. The zero-order valence-electron chi connectivity index (χ0n) is 19.9. The van der Waals surface area contributed by atoms with Crippen molar-refractivity contribution in [2.24, 2.45) is 0 Å². The van der Waals surface area contributed by atoms with Crippen LogP contribution in [0.15, 0.2) is 48.5 Å². The summed E-state index contributed by atoms with van der Waals surface area (Å²) in [7, 11) is -4.00. The molecule has 0 saturated heterocycles. The van der Waals surface area contributed by atoms with Crippen LogP contribution in [0, 0.1) is 5.82 Å². The van der Waals surface area contributed by atoms with Crippen LogP contribution in [0.25, 0.3) is 0 Å². The second-order valence-corrected chi connectivity index (χ2v) is 11.2. The Bertz CT molecular complexity index is 1150. The van der Waals surface area contributed by atoms with Gasteiger partial charge in [0.05, 0.1) is 11.9 Å². The van der Waals surface area contributed by atoms with Crippen molar-refractivity contribution in [2.45, 2.75) is 57.7 Å². The molecule has 10 heteroatoms. The first kappa shape index (κ1) is 26.9. The normalized spacial score (nSPS) is 15.3. The quantitative estimate of drug-likeness (QED) is 0.536.